The number of hydrogen-bond acceptors (Lipinski definition) is 6. The number of halogens is 3. The molecule has 3 aromatic heterocycles. The number of aliphatic hydroxyl groups is 1. The second-order valence-corrected chi connectivity index (χ2v) is 9.46. The third-order valence-electron chi connectivity index (χ3n) is 6.41. The summed E-state index contributed by atoms with van der Waals surface area (Å²) in [5.41, 5.74) is -1.13. The Morgan fingerprint density at radius 3 is 2.35 bits per heavy atom. The molecule has 192 valence electrons. The molecule has 3 heterocycles. The highest BCUT2D eigenvalue weighted by molar-refractivity contribution is 5.99. The first-order valence-electron chi connectivity index (χ1n) is 11.2. The van der Waals surface area contributed by atoms with E-state index in [1.165, 1.54) is 12.4 Å². The topological polar surface area (TPSA) is 130 Å². The van der Waals surface area contributed by atoms with Gasteiger partial charge in [0.2, 0.25) is 5.71 Å². The van der Waals surface area contributed by atoms with Gasteiger partial charge >= 0.3 is 12.3 Å². The lowest BCUT2D eigenvalue weighted by Crippen LogP contribution is -2.61. The monoisotopic (exact) mass is 514 g/mol. The molecule has 4 aromatic rings. The van der Waals surface area contributed by atoms with Gasteiger partial charge < -0.3 is 19.9 Å². The molecule has 1 aliphatic carbocycles. The first-order valence-corrected chi connectivity index (χ1v) is 11.2. The molecule has 0 bridgehead atoms. The maximum atomic E-state index is 13.1. The summed E-state index contributed by atoms with van der Waals surface area (Å²) in [6.45, 7) is 0.124. The number of nitrogens with one attached hydrogen (secondary N) is 1. The maximum Gasteiger partial charge on any atom is 0.406 e. The van der Waals surface area contributed by atoms with E-state index < -0.39 is 35.5 Å². The normalized spacial score (nSPS) is 21.5. The summed E-state index contributed by atoms with van der Waals surface area (Å²) in [7, 11) is 0. The van der Waals surface area contributed by atoms with Crippen LogP contribution < -0.4 is 10.9 Å². The smallest absolute Gasteiger partial charge is 0.406 e. The van der Waals surface area contributed by atoms with E-state index in [1.54, 1.807) is 43.3 Å². The SMILES string of the molecule is C[C@]1(O)C[C@](NC(=O)O)(c2ccc(-c3oc4ncn(CC(F)(F)F)c(=O)c4c3-c3ccncc3)cc2)C1. The van der Waals surface area contributed by atoms with Gasteiger partial charge in [-0.05, 0) is 30.2 Å². The highest BCUT2D eigenvalue weighted by atomic mass is 19.4. The van der Waals surface area contributed by atoms with Crippen molar-refractivity contribution in [2.24, 2.45) is 0 Å². The lowest BCUT2D eigenvalue weighted by Gasteiger charge is -2.51. The van der Waals surface area contributed by atoms with Crippen molar-refractivity contribution >= 4 is 17.2 Å². The molecule has 9 nitrogen and oxygen atoms in total. The fourth-order valence-electron chi connectivity index (χ4n) is 5.09. The van der Waals surface area contributed by atoms with Crippen LogP contribution in [0.5, 0.6) is 0 Å². The standard InChI is InChI=1S/C25H21F3N4O5/c1-23(36)10-24(11-23,31-22(34)35)16-4-2-15(3-5-16)19-17(14-6-8-29-9-7-14)18-20(37-19)30-13-32(21(18)33)12-25(26,27)28/h2-9,13,31,36H,10-12H2,1H3,(H,34,35)/t23-,24+. The van der Waals surface area contributed by atoms with Gasteiger partial charge in [0, 0.05) is 36.4 Å². The molecular weight excluding hydrogens is 493 g/mol. The number of benzene rings is 1. The van der Waals surface area contributed by atoms with Crippen molar-refractivity contribution in [1.29, 1.82) is 0 Å². The van der Waals surface area contributed by atoms with Crippen molar-refractivity contribution in [3.63, 3.8) is 0 Å². The number of nitrogens with zero attached hydrogens (tertiary/aromatic N) is 3. The molecule has 0 radical (unpaired) electrons. The van der Waals surface area contributed by atoms with Crippen molar-refractivity contribution in [1.82, 2.24) is 19.9 Å². The van der Waals surface area contributed by atoms with E-state index in [0.717, 1.165) is 6.33 Å². The molecule has 0 aliphatic heterocycles. The van der Waals surface area contributed by atoms with Gasteiger partial charge in [0.15, 0.2) is 0 Å². The van der Waals surface area contributed by atoms with E-state index in [4.69, 9.17) is 4.42 Å². The van der Waals surface area contributed by atoms with Crippen LogP contribution in [-0.4, -0.2) is 42.6 Å². The van der Waals surface area contributed by atoms with E-state index >= 15 is 0 Å². The minimum atomic E-state index is -4.62. The number of amides is 1. The Bertz CT molecular complexity index is 1540. The number of alkyl halides is 3. The summed E-state index contributed by atoms with van der Waals surface area (Å²) >= 11 is 0. The third-order valence-corrected chi connectivity index (χ3v) is 6.41. The number of carbonyl (C=O) groups is 1. The summed E-state index contributed by atoms with van der Waals surface area (Å²) in [6, 6.07) is 9.88. The molecule has 0 unspecified atom stereocenters. The zero-order valence-corrected chi connectivity index (χ0v) is 19.4. The zero-order chi connectivity index (χ0) is 26.6. The lowest BCUT2D eigenvalue weighted by molar-refractivity contribution is -0.141. The number of rotatable bonds is 5. The Hall–Kier alpha value is -4.19. The average molecular weight is 514 g/mol. The van der Waals surface area contributed by atoms with Crippen LogP contribution in [0.15, 0.2) is 64.3 Å². The highest BCUT2D eigenvalue weighted by Crippen LogP contribution is 2.49. The Kier molecular flexibility index (Phi) is 5.59. The molecule has 5 rings (SSSR count). The van der Waals surface area contributed by atoms with Crippen molar-refractivity contribution in [2.75, 3.05) is 0 Å². The number of furan rings is 1. The van der Waals surface area contributed by atoms with E-state index in [9.17, 15) is 33.0 Å². The van der Waals surface area contributed by atoms with Crippen LogP contribution in [0, 0.1) is 0 Å². The molecule has 0 spiro atoms. The summed E-state index contributed by atoms with van der Waals surface area (Å²) in [5, 5.41) is 22.0. The van der Waals surface area contributed by atoms with E-state index in [1.807, 2.05) is 0 Å². The Morgan fingerprint density at radius 1 is 1.14 bits per heavy atom. The average Bonchev–Trinajstić information content (AvgIpc) is 3.19. The zero-order valence-electron chi connectivity index (χ0n) is 19.4. The molecule has 1 amide bonds. The van der Waals surface area contributed by atoms with Crippen LogP contribution in [0.1, 0.15) is 25.3 Å². The maximum absolute atomic E-state index is 13.1. The summed E-state index contributed by atoms with van der Waals surface area (Å²) in [6.07, 6.45) is -1.72. The van der Waals surface area contributed by atoms with Gasteiger partial charge in [-0.1, -0.05) is 24.3 Å². The van der Waals surface area contributed by atoms with Crippen LogP contribution >= 0.6 is 0 Å². The van der Waals surface area contributed by atoms with Crippen molar-refractivity contribution in [2.45, 2.75) is 43.6 Å². The Morgan fingerprint density at radius 2 is 1.78 bits per heavy atom. The molecule has 1 saturated carbocycles. The van der Waals surface area contributed by atoms with Gasteiger partial charge in [-0.2, -0.15) is 13.2 Å². The second kappa shape index (κ2) is 8.44. The van der Waals surface area contributed by atoms with Crippen LogP contribution in [0.25, 0.3) is 33.6 Å². The number of pyridine rings is 1. The molecule has 1 aliphatic rings. The van der Waals surface area contributed by atoms with Crippen molar-refractivity contribution < 1.29 is 32.6 Å². The quantitative estimate of drug-likeness (QED) is 0.362. The van der Waals surface area contributed by atoms with E-state index in [-0.39, 0.29) is 35.3 Å². The summed E-state index contributed by atoms with van der Waals surface area (Å²) in [4.78, 5) is 32.4. The molecule has 0 saturated heterocycles. The lowest BCUT2D eigenvalue weighted by atomic mass is 9.62. The van der Waals surface area contributed by atoms with Gasteiger partial charge in [0.05, 0.1) is 11.1 Å². The Balaban J connectivity index is 1.64. The van der Waals surface area contributed by atoms with Crippen LogP contribution in [0.2, 0.25) is 0 Å². The molecule has 1 fully saturated rings. The largest absolute Gasteiger partial charge is 0.465 e. The highest BCUT2D eigenvalue weighted by Gasteiger charge is 2.53. The van der Waals surface area contributed by atoms with Crippen LogP contribution in [-0.2, 0) is 12.1 Å². The number of aromatic nitrogens is 3. The van der Waals surface area contributed by atoms with Crippen molar-refractivity contribution in [3.05, 3.63) is 71.0 Å². The molecule has 12 heteroatoms. The molecule has 0 atom stereocenters. The second-order valence-electron chi connectivity index (χ2n) is 9.46. The fraction of sp³-hybridized carbons (Fsp3) is 0.280. The summed E-state index contributed by atoms with van der Waals surface area (Å²) < 4.78 is 45.5. The number of carboxylic acid groups (broad SMARTS) is 1. The molecule has 3 N–H and O–H groups in total. The van der Waals surface area contributed by atoms with Crippen molar-refractivity contribution in [3.8, 4) is 22.5 Å². The number of hydrogen-bond donors (Lipinski definition) is 3. The minimum absolute atomic E-state index is 0.101. The predicted molar refractivity (Wildman–Crippen MR) is 126 cm³/mol. The van der Waals surface area contributed by atoms with Gasteiger partial charge in [-0.3, -0.25) is 14.3 Å². The first kappa shape index (κ1) is 24.5. The van der Waals surface area contributed by atoms with Gasteiger partial charge in [0.25, 0.3) is 5.56 Å². The van der Waals surface area contributed by atoms with E-state index in [2.05, 4.69) is 15.3 Å². The third kappa shape index (κ3) is 4.55. The Labute approximate surface area is 207 Å². The first-order chi connectivity index (χ1) is 17.4. The molecule has 37 heavy (non-hydrogen) atoms. The fourth-order valence-corrected chi connectivity index (χ4v) is 5.09. The minimum Gasteiger partial charge on any atom is -0.465 e. The number of fused-ring (bicyclic) bond motifs is 1. The van der Waals surface area contributed by atoms with Gasteiger partial charge in [-0.15, -0.1) is 0 Å². The van der Waals surface area contributed by atoms with Crippen LogP contribution in [0.3, 0.4) is 0 Å². The molecule has 1 aromatic carbocycles. The van der Waals surface area contributed by atoms with Gasteiger partial charge in [0.1, 0.15) is 24.0 Å². The summed E-state index contributed by atoms with van der Waals surface area (Å²) in [5.74, 6) is 0.211. The van der Waals surface area contributed by atoms with Gasteiger partial charge in [-0.25, -0.2) is 9.78 Å². The van der Waals surface area contributed by atoms with Crippen LogP contribution in [0.4, 0.5) is 18.0 Å². The molecular formula is C25H21F3N4O5. The predicted octanol–water partition coefficient (Wildman–Crippen LogP) is 4.29. The van der Waals surface area contributed by atoms with E-state index in [0.29, 0.717) is 21.3 Å².